The van der Waals surface area contributed by atoms with E-state index in [0.29, 0.717) is 5.76 Å². The van der Waals surface area contributed by atoms with Gasteiger partial charge < -0.3 is 14.6 Å². The van der Waals surface area contributed by atoms with E-state index >= 15 is 0 Å². The number of nitrogens with zero attached hydrogens (tertiary/aromatic N) is 1. The molecule has 0 amide bonds. The van der Waals surface area contributed by atoms with Crippen LogP contribution in [0.4, 0.5) is 0 Å². The summed E-state index contributed by atoms with van der Waals surface area (Å²) in [6.07, 6.45) is 1.40. The van der Waals surface area contributed by atoms with Crippen LogP contribution in [0, 0.1) is 13.8 Å². The lowest BCUT2D eigenvalue weighted by Gasteiger charge is -2.05. The molecule has 0 fully saturated rings. The Bertz CT molecular complexity index is 730. The number of hydrogen-bond donors (Lipinski definition) is 3. The van der Waals surface area contributed by atoms with E-state index in [9.17, 15) is 13.2 Å². The van der Waals surface area contributed by atoms with Crippen LogP contribution in [-0.2, 0) is 16.6 Å². The summed E-state index contributed by atoms with van der Waals surface area (Å²) in [5.41, 5.74) is 0.299. The van der Waals surface area contributed by atoms with Gasteiger partial charge in [-0.1, -0.05) is 5.16 Å². The van der Waals surface area contributed by atoms with E-state index in [0.717, 1.165) is 0 Å². The topological polar surface area (TPSA) is 125 Å². The highest BCUT2D eigenvalue weighted by atomic mass is 32.2. The lowest BCUT2D eigenvalue weighted by atomic mass is 10.2. The summed E-state index contributed by atoms with van der Waals surface area (Å²) >= 11 is 0. The van der Waals surface area contributed by atoms with Gasteiger partial charge >= 0.3 is 5.97 Å². The van der Waals surface area contributed by atoms with E-state index in [-0.39, 0.29) is 28.4 Å². The first-order valence-corrected chi connectivity index (χ1v) is 7.13. The lowest BCUT2D eigenvalue weighted by Crippen LogP contribution is -2.24. The molecule has 8 nitrogen and oxygen atoms in total. The predicted molar refractivity (Wildman–Crippen MR) is 67.8 cm³/mol. The Morgan fingerprint density at radius 2 is 2.20 bits per heavy atom. The Hall–Kier alpha value is -2.13. The van der Waals surface area contributed by atoms with Crippen LogP contribution < -0.4 is 4.72 Å². The first kappa shape index (κ1) is 14.3. The second-order valence-corrected chi connectivity index (χ2v) is 5.89. The van der Waals surface area contributed by atoms with Gasteiger partial charge in [-0.25, -0.2) is 17.9 Å². The van der Waals surface area contributed by atoms with Gasteiger partial charge in [0.15, 0.2) is 5.76 Å². The van der Waals surface area contributed by atoms with Crippen LogP contribution in [0.3, 0.4) is 0 Å². The third-order valence-corrected chi connectivity index (χ3v) is 4.45. The molecule has 2 aromatic rings. The minimum Gasteiger partial charge on any atom is -0.477 e. The quantitative estimate of drug-likeness (QED) is 0.749. The molecule has 2 aromatic heterocycles. The van der Waals surface area contributed by atoms with Gasteiger partial charge in [0.25, 0.3) is 0 Å². The molecular formula is C11H13N3O5S. The number of aromatic amines is 1. The second-order valence-electron chi connectivity index (χ2n) is 4.19. The second kappa shape index (κ2) is 5.10. The summed E-state index contributed by atoms with van der Waals surface area (Å²) in [6, 6.07) is 1.53. The number of carboxylic acids is 1. The van der Waals surface area contributed by atoms with Gasteiger partial charge in [0.1, 0.15) is 10.6 Å². The molecule has 3 N–H and O–H groups in total. The molecular weight excluding hydrogens is 286 g/mol. The van der Waals surface area contributed by atoms with Gasteiger partial charge in [-0.15, -0.1) is 0 Å². The zero-order chi connectivity index (χ0) is 14.9. The maximum absolute atomic E-state index is 12.2. The fourth-order valence-electron chi connectivity index (χ4n) is 1.92. The number of rotatable bonds is 5. The van der Waals surface area contributed by atoms with Crippen LogP contribution in [0.5, 0.6) is 0 Å². The van der Waals surface area contributed by atoms with E-state index in [1.54, 1.807) is 0 Å². The Labute approximate surface area is 114 Å². The van der Waals surface area contributed by atoms with E-state index in [1.165, 1.54) is 26.1 Å². The molecule has 0 aliphatic heterocycles. The summed E-state index contributed by atoms with van der Waals surface area (Å²) in [6.45, 7) is 2.88. The number of carbonyl (C=O) groups is 1. The van der Waals surface area contributed by atoms with Crippen molar-refractivity contribution in [2.45, 2.75) is 25.3 Å². The molecule has 0 saturated heterocycles. The number of nitrogens with one attached hydrogen (secondary N) is 2. The molecule has 20 heavy (non-hydrogen) atoms. The van der Waals surface area contributed by atoms with Crippen LogP contribution in [0.15, 0.2) is 21.7 Å². The number of hydrogen-bond acceptors (Lipinski definition) is 5. The zero-order valence-corrected chi connectivity index (χ0v) is 11.6. The van der Waals surface area contributed by atoms with Crippen LogP contribution in [0.1, 0.15) is 27.5 Å². The first-order chi connectivity index (χ1) is 9.33. The highest BCUT2D eigenvalue weighted by molar-refractivity contribution is 7.89. The summed E-state index contributed by atoms with van der Waals surface area (Å²) < 4.78 is 31.6. The molecule has 0 bridgehead atoms. The summed E-state index contributed by atoms with van der Waals surface area (Å²) in [7, 11) is -3.84. The van der Waals surface area contributed by atoms with Crippen LogP contribution in [-0.4, -0.2) is 29.6 Å². The fourth-order valence-corrected chi connectivity index (χ4v) is 3.36. The molecule has 0 spiro atoms. The highest BCUT2D eigenvalue weighted by Gasteiger charge is 2.26. The minimum absolute atomic E-state index is 0.0607. The smallest absolute Gasteiger partial charge is 0.352 e. The number of H-pyrrole nitrogens is 1. The summed E-state index contributed by atoms with van der Waals surface area (Å²) in [5, 5.41) is 12.4. The van der Waals surface area contributed by atoms with Crippen molar-refractivity contribution in [3.05, 3.63) is 35.0 Å². The molecule has 0 unspecified atom stereocenters. The van der Waals surface area contributed by atoms with Gasteiger partial charge in [-0.05, 0) is 13.8 Å². The molecule has 2 rings (SSSR count). The molecule has 0 aromatic carbocycles. The van der Waals surface area contributed by atoms with Crippen molar-refractivity contribution in [1.82, 2.24) is 14.9 Å². The average Bonchev–Trinajstić information content (AvgIpc) is 2.95. The van der Waals surface area contributed by atoms with Crippen molar-refractivity contribution < 1.29 is 22.8 Å². The van der Waals surface area contributed by atoms with Crippen molar-refractivity contribution in [2.24, 2.45) is 0 Å². The largest absolute Gasteiger partial charge is 0.477 e. The maximum atomic E-state index is 12.2. The standard InChI is InChI=1S/C11H13N3O5S/c1-6-9(11(15)16)14-7(2)10(6)20(17,18)13-5-8-3-4-12-19-8/h3-4,13-14H,5H2,1-2H3,(H,15,16). The van der Waals surface area contributed by atoms with Crippen molar-refractivity contribution in [3.8, 4) is 0 Å². The minimum atomic E-state index is -3.84. The number of carboxylic acid groups (broad SMARTS) is 1. The Morgan fingerprint density at radius 1 is 1.50 bits per heavy atom. The van der Waals surface area contributed by atoms with Gasteiger partial charge in [0.2, 0.25) is 10.0 Å². The maximum Gasteiger partial charge on any atom is 0.352 e. The first-order valence-electron chi connectivity index (χ1n) is 5.64. The van der Waals surface area contributed by atoms with E-state index in [2.05, 4.69) is 14.9 Å². The predicted octanol–water partition coefficient (Wildman–Crippen LogP) is 0.796. The Morgan fingerprint density at radius 3 is 2.70 bits per heavy atom. The van der Waals surface area contributed by atoms with Crippen molar-refractivity contribution in [2.75, 3.05) is 0 Å². The summed E-state index contributed by atoms with van der Waals surface area (Å²) in [4.78, 5) is 13.5. The fraction of sp³-hybridized carbons (Fsp3) is 0.273. The molecule has 0 radical (unpaired) electrons. The van der Waals surface area contributed by atoms with Gasteiger partial charge in [-0.2, -0.15) is 0 Å². The normalized spacial score (nSPS) is 11.7. The molecule has 0 saturated carbocycles. The van der Waals surface area contributed by atoms with E-state index < -0.39 is 16.0 Å². The third kappa shape index (κ3) is 2.58. The molecule has 0 atom stereocenters. The van der Waals surface area contributed by atoms with E-state index in [1.807, 2.05) is 0 Å². The number of sulfonamides is 1. The molecule has 0 aliphatic rings. The Balaban J connectivity index is 2.32. The monoisotopic (exact) mass is 299 g/mol. The van der Waals surface area contributed by atoms with Gasteiger partial charge in [0, 0.05) is 17.3 Å². The molecule has 108 valence electrons. The van der Waals surface area contributed by atoms with Crippen molar-refractivity contribution in [1.29, 1.82) is 0 Å². The molecule has 9 heteroatoms. The lowest BCUT2D eigenvalue weighted by molar-refractivity contribution is 0.0690. The zero-order valence-electron chi connectivity index (χ0n) is 10.8. The van der Waals surface area contributed by atoms with Gasteiger partial charge in [-0.3, -0.25) is 0 Å². The summed E-state index contributed by atoms with van der Waals surface area (Å²) in [5.74, 6) is -0.847. The molecule has 2 heterocycles. The van der Waals surface area contributed by atoms with Crippen LogP contribution in [0.25, 0.3) is 0 Å². The number of aromatic nitrogens is 2. The van der Waals surface area contributed by atoms with Crippen molar-refractivity contribution >= 4 is 16.0 Å². The van der Waals surface area contributed by atoms with Crippen LogP contribution >= 0.6 is 0 Å². The van der Waals surface area contributed by atoms with E-state index in [4.69, 9.17) is 9.63 Å². The SMILES string of the molecule is Cc1[nH]c(C(=O)O)c(C)c1S(=O)(=O)NCc1ccno1. The van der Waals surface area contributed by atoms with Crippen molar-refractivity contribution in [3.63, 3.8) is 0 Å². The van der Waals surface area contributed by atoms with Gasteiger partial charge in [0.05, 0.1) is 12.7 Å². The van der Waals surface area contributed by atoms with Crippen LogP contribution in [0.2, 0.25) is 0 Å². The molecule has 0 aliphatic carbocycles. The Kier molecular flexibility index (Phi) is 3.64. The number of aromatic carboxylic acids is 1. The third-order valence-electron chi connectivity index (χ3n) is 2.78. The number of aryl methyl sites for hydroxylation is 1. The highest BCUT2D eigenvalue weighted by Crippen LogP contribution is 2.23. The average molecular weight is 299 g/mol.